The van der Waals surface area contributed by atoms with Crippen LogP contribution in [0.15, 0.2) is 0 Å². The first kappa shape index (κ1) is 23.9. The standard InChI is InChI=1S/C21H36N4O3.ClH/c26-19(10-9-16-5-1-2-6-16)23-14-20(27)25-12-4-7-17(15-25)13-24-21(28)18-8-3-11-22-18;/h16-18,22H,1-15H2,(H,23,26)(H,24,28);1H. The third-order valence-corrected chi connectivity index (χ3v) is 6.50. The van der Waals surface area contributed by atoms with E-state index in [1.807, 2.05) is 4.90 Å². The van der Waals surface area contributed by atoms with Crippen molar-refractivity contribution in [3.63, 3.8) is 0 Å². The minimum absolute atomic E-state index is 0. The van der Waals surface area contributed by atoms with Crippen LogP contribution in [0.25, 0.3) is 0 Å². The molecule has 0 bridgehead atoms. The van der Waals surface area contributed by atoms with Crippen LogP contribution < -0.4 is 16.0 Å². The third kappa shape index (κ3) is 7.78. The fourth-order valence-electron chi connectivity index (χ4n) is 4.74. The minimum Gasteiger partial charge on any atom is -0.354 e. The fraction of sp³-hybridized carbons (Fsp3) is 0.857. The molecular weight excluding hydrogens is 392 g/mol. The van der Waals surface area contributed by atoms with Crippen LogP contribution in [0.3, 0.4) is 0 Å². The Labute approximate surface area is 180 Å². The van der Waals surface area contributed by atoms with Gasteiger partial charge in [-0.05, 0) is 50.5 Å². The van der Waals surface area contributed by atoms with E-state index in [4.69, 9.17) is 0 Å². The number of halogens is 1. The monoisotopic (exact) mass is 428 g/mol. The highest BCUT2D eigenvalue weighted by Crippen LogP contribution is 2.28. The molecule has 2 unspecified atom stereocenters. The highest BCUT2D eigenvalue weighted by molar-refractivity contribution is 5.85. The van der Waals surface area contributed by atoms with Gasteiger partial charge in [0.2, 0.25) is 17.7 Å². The summed E-state index contributed by atoms with van der Waals surface area (Å²) in [5.74, 6) is 1.04. The number of nitrogens with one attached hydrogen (secondary N) is 3. The second-order valence-corrected chi connectivity index (χ2v) is 8.71. The summed E-state index contributed by atoms with van der Waals surface area (Å²) < 4.78 is 0. The van der Waals surface area contributed by atoms with E-state index in [9.17, 15) is 14.4 Å². The molecule has 0 radical (unpaired) electrons. The molecule has 2 atom stereocenters. The maximum absolute atomic E-state index is 12.5. The minimum atomic E-state index is -0.0548. The molecule has 1 aliphatic carbocycles. The summed E-state index contributed by atoms with van der Waals surface area (Å²) in [6.45, 7) is 3.03. The second kappa shape index (κ2) is 12.4. The zero-order valence-electron chi connectivity index (χ0n) is 17.4. The highest BCUT2D eigenvalue weighted by Gasteiger charge is 2.26. The molecule has 1 saturated carbocycles. The topological polar surface area (TPSA) is 90.5 Å². The summed E-state index contributed by atoms with van der Waals surface area (Å²) in [4.78, 5) is 38.5. The van der Waals surface area contributed by atoms with E-state index in [1.165, 1.54) is 25.7 Å². The van der Waals surface area contributed by atoms with Crippen LogP contribution in [-0.4, -0.2) is 61.4 Å². The van der Waals surface area contributed by atoms with E-state index in [0.29, 0.717) is 31.3 Å². The Morgan fingerprint density at radius 3 is 2.41 bits per heavy atom. The van der Waals surface area contributed by atoms with E-state index in [2.05, 4.69) is 16.0 Å². The first-order valence-electron chi connectivity index (χ1n) is 11.2. The lowest BCUT2D eigenvalue weighted by molar-refractivity contribution is -0.134. The molecule has 2 saturated heterocycles. The molecule has 3 rings (SSSR count). The van der Waals surface area contributed by atoms with Gasteiger partial charge in [-0.3, -0.25) is 14.4 Å². The van der Waals surface area contributed by atoms with Crippen LogP contribution in [0.4, 0.5) is 0 Å². The van der Waals surface area contributed by atoms with E-state index >= 15 is 0 Å². The van der Waals surface area contributed by atoms with Crippen molar-refractivity contribution in [2.45, 2.75) is 70.3 Å². The van der Waals surface area contributed by atoms with Gasteiger partial charge in [0.05, 0.1) is 12.6 Å². The molecule has 2 heterocycles. The first-order valence-corrected chi connectivity index (χ1v) is 11.2. The largest absolute Gasteiger partial charge is 0.354 e. The number of hydrogen-bond acceptors (Lipinski definition) is 4. The Hall–Kier alpha value is -1.34. The molecule has 3 aliphatic rings. The lowest BCUT2D eigenvalue weighted by Gasteiger charge is -2.33. The average Bonchev–Trinajstić information content (AvgIpc) is 3.43. The Balaban J connectivity index is 0.00000300. The molecule has 166 valence electrons. The SMILES string of the molecule is Cl.O=C(CCC1CCCC1)NCC(=O)N1CCCC(CNC(=O)C2CCCN2)C1. The predicted molar refractivity (Wildman–Crippen MR) is 115 cm³/mol. The summed E-state index contributed by atoms with van der Waals surface area (Å²) >= 11 is 0. The van der Waals surface area contributed by atoms with Crippen LogP contribution in [0, 0.1) is 11.8 Å². The third-order valence-electron chi connectivity index (χ3n) is 6.50. The number of rotatable bonds is 8. The Morgan fingerprint density at radius 2 is 1.69 bits per heavy atom. The van der Waals surface area contributed by atoms with Gasteiger partial charge in [-0.2, -0.15) is 0 Å². The Bertz CT molecular complexity index is 548. The van der Waals surface area contributed by atoms with Gasteiger partial charge in [0, 0.05) is 26.1 Å². The average molecular weight is 429 g/mol. The number of amides is 3. The number of hydrogen-bond donors (Lipinski definition) is 3. The van der Waals surface area contributed by atoms with Gasteiger partial charge in [0.1, 0.15) is 0 Å². The van der Waals surface area contributed by atoms with Gasteiger partial charge < -0.3 is 20.9 Å². The maximum Gasteiger partial charge on any atom is 0.241 e. The molecule has 7 nitrogen and oxygen atoms in total. The van der Waals surface area contributed by atoms with Crippen molar-refractivity contribution >= 4 is 30.1 Å². The molecule has 3 fully saturated rings. The van der Waals surface area contributed by atoms with Gasteiger partial charge >= 0.3 is 0 Å². The van der Waals surface area contributed by atoms with Gasteiger partial charge in [0.15, 0.2) is 0 Å². The van der Waals surface area contributed by atoms with Crippen molar-refractivity contribution < 1.29 is 14.4 Å². The lowest BCUT2D eigenvalue weighted by Crippen LogP contribution is -2.48. The molecule has 3 amide bonds. The summed E-state index contributed by atoms with van der Waals surface area (Å²) in [5.41, 5.74) is 0. The zero-order chi connectivity index (χ0) is 19.8. The lowest BCUT2D eigenvalue weighted by atomic mass is 9.97. The number of carbonyl (C=O) groups is 3. The zero-order valence-corrected chi connectivity index (χ0v) is 18.2. The molecule has 3 N–H and O–H groups in total. The summed E-state index contributed by atoms with van der Waals surface area (Å²) in [7, 11) is 0. The quantitative estimate of drug-likeness (QED) is 0.547. The van der Waals surface area contributed by atoms with Crippen molar-refractivity contribution in [1.82, 2.24) is 20.9 Å². The number of likely N-dealkylation sites (tertiary alicyclic amines) is 1. The van der Waals surface area contributed by atoms with Crippen molar-refractivity contribution in [1.29, 1.82) is 0 Å². The van der Waals surface area contributed by atoms with Crippen molar-refractivity contribution in [3.05, 3.63) is 0 Å². The molecule has 0 spiro atoms. The Morgan fingerprint density at radius 1 is 0.931 bits per heavy atom. The molecular formula is C21H37ClN4O3. The number of nitrogens with zero attached hydrogens (tertiary/aromatic N) is 1. The van der Waals surface area contributed by atoms with Crippen LogP contribution in [-0.2, 0) is 14.4 Å². The van der Waals surface area contributed by atoms with Gasteiger partial charge in [-0.25, -0.2) is 0 Å². The smallest absolute Gasteiger partial charge is 0.241 e. The van der Waals surface area contributed by atoms with Crippen LogP contribution >= 0.6 is 12.4 Å². The van der Waals surface area contributed by atoms with E-state index in [1.54, 1.807) is 0 Å². The number of carbonyl (C=O) groups excluding carboxylic acids is 3. The summed E-state index contributed by atoms with van der Waals surface area (Å²) in [6, 6.07) is -0.0548. The fourth-order valence-corrected chi connectivity index (χ4v) is 4.74. The second-order valence-electron chi connectivity index (χ2n) is 8.71. The van der Waals surface area contributed by atoms with Gasteiger partial charge in [-0.15, -0.1) is 12.4 Å². The number of piperidine rings is 1. The highest BCUT2D eigenvalue weighted by atomic mass is 35.5. The molecule has 0 aromatic heterocycles. The normalized spacial score (nSPS) is 24.8. The first-order chi connectivity index (χ1) is 13.6. The molecule has 0 aromatic carbocycles. The van der Waals surface area contributed by atoms with E-state index in [0.717, 1.165) is 45.2 Å². The Kier molecular flexibility index (Phi) is 10.2. The van der Waals surface area contributed by atoms with Crippen molar-refractivity contribution in [2.24, 2.45) is 11.8 Å². The van der Waals surface area contributed by atoms with Crippen molar-refractivity contribution in [3.8, 4) is 0 Å². The maximum atomic E-state index is 12.5. The summed E-state index contributed by atoms with van der Waals surface area (Å²) in [6.07, 6.45) is 10.5. The molecule has 8 heteroatoms. The van der Waals surface area contributed by atoms with Crippen LogP contribution in [0.2, 0.25) is 0 Å². The molecule has 2 aliphatic heterocycles. The van der Waals surface area contributed by atoms with Gasteiger partial charge in [0.25, 0.3) is 0 Å². The van der Waals surface area contributed by atoms with Crippen molar-refractivity contribution in [2.75, 3.05) is 32.7 Å². The van der Waals surface area contributed by atoms with Gasteiger partial charge in [-0.1, -0.05) is 25.7 Å². The van der Waals surface area contributed by atoms with E-state index in [-0.39, 0.29) is 42.7 Å². The van der Waals surface area contributed by atoms with Crippen LogP contribution in [0.1, 0.15) is 64.2 Å². The summed E-state index contributed by atoms with van der Waals surface area (Å²) in [5, 5.41) is 9.05. The van der Waals surface area contributed by atoms with Crippen LogP contribution in [0.5, 0.6) is 0 Å². The van der Waals surface area contributed by atoms with E-state index < -0.39 is 0 Å². The predicted octanol–water partition coefficient (Wildman–Crippen LogP) is 1.60. The molecule has 0 aromatic rings. The molecule has 29 heavy (non-hydrogen) atoms.